The van der Waals surface area contributed by atoms with Crippen LogP contribution in [-0.4, -0.2) is 41.4 Å². The van der Waals surface area contributed by atoms with Crippen molar-refractivity contribution >= 4 is 26.8 Å². The molecule has 1 aromatic carbocycles. The van der Waals surface area contributed by atoms with E-state index < -0.39 is 32.5 Å². The lowest BCUT2D eigenvalue weighted by Crippen LogP contribution is -2.44. The number of nitrogens with two attached hydrogens (primary N) is 1. The topological polar surface area (TPSA) is 112 Å². The minimum atomic E-state index is -3.80. The molecule has 1 saturated carbocycles. The third kappa shape index (κ3) is 3.25. The van der Waals surface area contributed by atoms with Gasteiger partial charge in [0.2, 0.25) is 10.0 Å². The molecule has 2 heterocycles. The van der Waals surface area contributed by atoms with Gasteiger partial charge in [0.05, 0.1) is 15.8 Å². The van der Waals surface area contributed by atoms with Crippen molar-refractivity contribution in [3.8, 4) is 0 Å². The number of sulfonamides is 1. The summed E-state index contributed by atoms with van der Waals surface area (Å²) in [6.07, 6.45) is 3.63. The number of rotatable bonds is 4. The molecule has 9 heteroatoms. The molecule has 0 amide bonds. The molecule has 0 radical (unpaired) electrons. The maximum atomic E-state index is 13.5. The second-order valence-electron chi connectivity index (χ2n) is 9.19. The molecule has 1 atom stereocenters. The van der Waals surface area contributed by atoms with Crippen LogP contribution in [0.4, 0.5) is 0 Å². The number of esters is 1. The van der Waals surface area contributed by atoms with Crippen LogP contribution in [0.15, 0.2) is 40.2 Å². The van der Waals surface area contributed by atoms with Gasteiger partial charge in [-0.1, -0.05) is 6.07 Å². The van der Waals surface area contributed by atoms with Crippen LogP contribution in [0.3, 0.4) is 0 Å². The Morgan fingerprint density at radius 3 is 2.57 bits per heavy atom. The molecule has 2 aliphatic rings. The number of hydrogen-bond acceptors (Lipinski definition) is 6. The van der Waals surface area contributed by atoms with Crippen molar-refractivity contribution < 1.29 is 17.9 Å². The fourth-order valence-corrected chi connectivity index (χ4v) is 6.21. The van der Waals surface area contributed by atoms with Gasteiger partial charge in [-0.25, -0.2) is 8.42 Å². The predicted octanol–water partition coefficient (Wildman–Crippen LogP) is 1.80. The molecule has 1 saturated heterocycles. The van der Waals surface area contributed by atoms with E-state index in [1.54, 1.807) is 39.0 Å². The number of carbonyl (C=O) groups excluding carboxylic acids is 1. The Labute approximate surface area is 175 Å². The van der Waals surface area contributed by atoms with Crippen molar-refractivity contribution in [2.75, 3.05) is 6.54 Å². The van der Waals surface area contributed by atoms with Crippen LogP contribution < -0.4 is 11.3 Å². The maximum Gasteiger partial charge on any atom is 0.312 e. The van der Waals surface area contributed by atoms with Crippen molar-refractivity contribution in [2.24, 2.45) is 11.1 Å². The molecule has 30 heavy (non-hydrogen) atoms. The standard InChI is InChI=1S/C21H27N3O5S/c1-20(2,3)19(26)29-13-23-11-7-14-15(18(23)25)5-4-6-16(14)30(27,28)24-12-8-17(22)21(24)9-10-21/h4-7,11,17H,8-10,12-13,22H2,1-3H3/t17-/m1/s1. The van der Waals surface area contributed by atoms with Crippen LogP contribution in [0.5, 0.6) is 0 Å². The molecule has 2 aromatic rings. The Balaban J connectivity index is 1.71. The molecular weight excluding hydrogens is 406 g/mol. The van der Waals surface area contributed by atoms with Crippen molar-refractivity contribution in [1.82, 2.24) is 8.87 Å². The fourth-order valence-electron chi connectivity index (χ4n) is 4.12. The van der Waals surface area contributed by atoms with Gasteiger partial charge in [-0.15, -0.1) is 0 Å². The first kappa shape index (κ1) is 21.0. The van der Waals surface area contributed by atoms with Crippen molar-refractivity contribution in [1.29, 1.82) is 0 Å². The molecule has 4 rings (SSSR count). The van der Waals surface area contributed by atoms with E-state index in [4.69, 9.17) is 10.5 Å². The average molecular weight is 434 g/mol. The summed E-state index contributed by atoms with van der Waals surface area (Å²) >= 11 is 0. The number of benzene rings is 1. The van der Waals surface area contributed by atoms with Gasteiger partial charge in [-0.3, -0.25) is 14.2 Å². The Morgan fingerprint density at radius 2 is 1.93 bits per heavy atom. The highest BCUT2D eigenvalue weighted by Crippen LogP contribution is 2.51. The van der Waals surface area contributed by atoms with Crippen molar-refractivity contribution in [3.05, 3.63) is 40.8 Å². The van der Waals surface area contributed by atoms with Crippen molar-refractivity contribution in [2.45, 2.75) is 63.2 Å². The third-order valence-corrected chi connectivity index (χ3v) is 8.12. The van der Waals surface area contributed by atoms with E-state index in [1.165, 1.54) is 21.1 Å². The zero-order chi connectivity index (χ0) is 21.9. The number of hydrogen-bond donors (Lipinski definition) is 1. The van der Waals surface area contributed by atoms with Gasteiger partial charge in [0.15, 0.2) is 6.73 Å². The first-order chi connectivity index (χ1) is 14.0. The molecule has 8 nitrogen and oxygen atoms in total. The SMILES string of the molecule is CC(C)(C)C(=O)OCn1ccc2c(S(=O)(=O)N3CC[C@@H](N)C34CC4)cccc2c1=O. The minimum absolute atomic E-state index is 0.108. The van der Waals surface area contributed by atoms with Crippen molar-refractivity contribution in [3.63, 3.8) is 0 Å². The normalized spacial score (nSPS) is 21.3. The van der Waals surface area contributed by atoms with Gasteiger partial charge in [-0.05, 0) is 58.2 Å². The van der Waals surface area contributed by atoms with Gasteiger partial charge in [0, 0.05) is 29.6 Å². The molecule has 1 aliphatic heterocycles. The van der Waals surface area contributed by atoms with E-state index in [0.29, 0.717) is 18.4 Å². The summed E-state index contributed by atoms with van der Waals surface area (Å²) in [5, 5.41) is 0.621. The number of aromatic nitrogens is 1. The molecule has 1 aromatic heterocycles. The highest BCUT2D eigenvalue weighted by atomic mass is 32.2. The predicted molar refractivity (Wildman–Crippen MR) is 112 cm³/mol. The molecule has 1 aliphatic carbocycles. The Morgan fingerprint density at radius 1 is 1.23 bits per heavy atom. The lowest BCUT2D eigenvalue weighted by Gasteiger charge is -2.26. The molecule has 2 N–H and O–H groups in total. The van der Waals surface area contributed by atoms with E-state index in [-0.39, 0.29) is 23.1 Å². The van der Waals surface area contributed by atoms with Crippen LogP contribution in [0.2, 0.25) is 0 Å². The first-order valence-electron chi connectivity index (χ1n) is 10.1. The zero-order valence-corrected chi connectivity index (χ0v) is 18.2. The summed E-state index contributed by atoms with van der Waals surface area (Å²) in [6.45, 7) is 5.34. The van der Waals surface area contributed by atoms with Crippen LogP contribution in [-0.2, 0) is 26.3 Å². The van der Waals surface area contributed by atoms with E-state index in [1.807, 2.05) is 0 Å². The highest BCUT2D eigenvalue weighted by molar-refractivity contribution is 7.89. The van der Waals surface area contributed by atoms with Gasteiger partial charge < -0.3 is 10.5 Å². The lowest BCUT2D eigenvalue weighted by atomic mass is 9.98. The number of ether oxygens (including phenoxy) is 1. The number of fused-ring (bicyclic) bond motifs is 1. The van der Waals surface area contributed by atoms with Gasteiger partial charge in [-0.2, -0.15) is 4.31 Å². The fraction of sp³-hybridized carbons (Fsp3) is 0.524. The highest BCUT2D eigenvalue weighted by Gasteiger charge is 2.60. The summed E-state index contributed by atoms with van der Waals surface area (Å²) in [6, 6.07) is 6.11. The Bertz CT molecular complexity index is 1180. The molecule has 2 fully saturated rings. The molecule has 162 valence electrons. The summed E-state index contributed by atoms with van der Waals surface area (Å²) in [5.74, 6) is -0.425. The molecular formula is C21H27N3O5S. The van der Waals surface area contributed by atoms with E-state index in [9.17, 15) is 18.0 Å². The monoisotopic (exact) mass is 433 g/mol. The van der Waals surface area contributed by atoms with E-state index in [0.717, 1.165) is 12.8 Å². The summed E-state index contributed by atoms with van der Waals surface area (Å²) in [4.78, 5) is 25.0. The van der Waals surface area contributed by atoms with Gasteiger partial charge in [0.1, 0.15) is 0 Å². The summed E-state index contributed by atoms with van der Waals surface area (Å²) < 4.78 is 34.9. The minimum Gasteiger partial charge on any atom is -0.443 e. The first-order valence-corrected chi connectivity index (χ1v) is 11.5. The smallest absolute Gasteiger partial charge is 0.312 e. The summed E-state index contributed by atoms with van der Waals surface area (Å²) in [5.41, 5.74) is 4.61. The summed E-state index contributed by atoms with van der Waals surface area (Å²) in [7, 11) is -3.80. The second kappa shape index (κ2) is 6.90. The third-order valence-electron chi connectivity index (χ3n) is 6.09. The average Bonchev–Trinajstić information content (AvgIpc) is 3.40. The number of nitrogens with zero attached hydrogens (tertiary/aromatic N) is 2. The van der Waals surface area contributed by atoms with Crippen LogP contribution in [0, 0.1) is 5.41 Å². The van der Waals surface area contributed by atoms with Crippen LogP contribution in [0.25, 0.3) is 10.8 Å². The maximum absolute atomic E-state index is 13.5. The molecule has 1 spiro atoms. The largest absolute Gasteiger partial charge is 0.443 e. The van der Waals surface area contributed by atoms with Gasteiger partial charge >= 0.3 is 5.97 Å². The molecule has 0 bridgehead atoms. The zero-order valence-electron chi connectivity index (χ0n) is 17.4. The van der Waals surface area contributed by atoms with E-state index >= 15 is 0 Å². The second-order valence-corrected chi connectivity index (χ2v) is 11.0. The van der Waals surface area contributed by atoms with Crippen LogP contribution >= 0.6 is 0 Å². The lowest BCUT2D eigenvalue weighted by molar-refractivity contribution is -0.157. The molecule has 0 unspecified atom stereocenters. The number of pyridine rings is 1. The van der Waals surface area contributed by atoms with E-state index in [2.05, 4.69) is 0 Å². The Kier molecular flexibility index (Phi) is 4.83. The van der Waals surface area contributed by atoms with Crippen LogP contribution in [0.1, 0.15) is 40.0 Å². The number of carbonyl (C=O) groups is 1. The van der Waals surface area contributed by atoms with Gasteiger partial charge in [0.25, 0.3) is 5.56 Å². The quantitative estimate of drug-likeness (QED) is 0.736. The Hall–Kier alpha value is -2.23.